The van der Waals surface area contributed by atoms with Crippen LogP contribution in [0.1, 0.15) is 29.4 Å². The summed E-state index contributed by atoms with van der Waals surface area (Å²) in [4.78, 5) is 39.7. The zero-order valence-electron chi connectivity index (χ0n) is 20.8. The summed E-state index contributed by atoms with van der Waals surface area (Å²) >= 11 is 1.27. The predicted octanol–water partition coefficient (Wildman–Crippen LogP) is 3.00. The molecule has 2 aliphatic rings. The number of carbonyl (C=O) groups is 3. The summed E-state index contributed by atoms with van der Waals surface area (Å²) in [6, 6.07) is 1.97. The number of nitrogens with one attached hydrogen (secondary N) is 3. The first kappa shape index (κ1) is 27.8. The van der Waals surface area contributed by atoms with Gasteiger partial charge in [0, 0.05) is 44.0 Å². The highest BCUT2D eigenvalue weighted by atomic mass is 32.2. The number of alkyl halides is 3. The van der Waals surface area contributed by atoms with Crippen LogP contribution in [0.3, 0.4) is 0 Å². The Morgan fingerprint density at radius 2 is 2.00 bits per heavy atom. The summed E-state index contributed by atoms with van der Waals surface area (Å²) in [5.41, 5.74) is 1.03. The number of hydrogen-bond acceptors (Lipinski definition) is 6. The van der Waals surface area contributed by atoms with Crippen molar-refractivity contribution in [3.63, 3.8) is 0 Å². The van der Waals surface area contributed by atoms with Gasteiger partial charge in [-0.1, -0.05) is 0 Å². The number of rotatable bonds is 3. The van der Waals surface area contributed by atoms with Crippen molar-refractivity contribution in [1.29, 1.82) is 0 Å². The van der Waals surface area contributed by atoms with Gasteiger partial charge in [0.2, 0.25) is 0 Å². The molecule has 1 aromatic heterocycles. The molecular formula is C24H27F4N5O4S. The Morgan fingerprint density at radius 1 is 1.26 bits per heavy atom. The lowest BCUT2D eigenvalue weighted by Gasteiger charge is -2.39. The first-order valence-corrected chi connectivity index (χ1v) is 12.6. The summed E-state index contributed by atoms with van der Waals surface area (Å²) in [5, 5.41) is 4.44. The molecule has 1 aromatic carbocycles. The Hall–Kier alpha value is -3.26. The van der Waals surface area contributed by atoms with E-state index >= 15 is 0 Å². The minimum absolute atomic E-state index is 0.0867. The summed E-state index contributed by atoms with van der Waals surface area (Å²) in [6.45, 7) is 2.72. The Bertz CT molecular complexity index is 1250. The average Bonchev–Trinajstić information content (AvgIpc) is 3.15. The van der Waals surface area contributed by atoms with Gasteiger partial charge in [0.15, 0.2) is 11.4 Å². The van der Waals surface area contributed by atoms with E-state index in [0.717, 1.165) is 6.92 Å². The fraction of sp³-hybridized carbons (Fsp3) is 0.458. The van der Waals surface area contributed by atoms with Crippen LogP contribution in [0.2, 0.25) is 0 Å². The average molecular weight is 558 g/mol. The van der Waals surface area contributed by atoms with Gasteiger partial charge in [-0.15, -0.1) is 0 Å². The molecule has 3 atom stereocenters. The predicted molar refractivity (Wildman–Crippen MR) is 131 cm³/mol. The third-order valence-corrected chi connectivity index (χ3v) is 7.48. The lowest BCUT2D eigenvalue weighted by Crippen LogP contribution is -2.56. The van der Waals surface area contributed by atoms with Crippen LogP contribution in [0.5, 0.6) is 5.75 Å². The van der Waals surface area contributed by atoms with Crippen LogP contribution in [0.4, 0.5) is 23.2 Å². The van der Waals surface area contributed by atoms with E-state index in [4.69, 9.17) is 4.74 Å². The van der Waals surface area contributed by atoms with Crippen LogP contribution >= 0.6 is 11.9 Å². The molecule has 3 amide bonds. The lowest BCUT2D eigenvalue weighted by molar-refractivity contribution is -0.162. The highest BCUT2D eigenvalue weighted by Gasteiger charge is 2.40. The molecule has 38 heavy (non-hydrogen) atoms. The van der Waals surface area contributed by atoms with E-state index in [1.165, 1.54) is 35.0 Å². The van der Waals surface area contributed by atoms with Crippen LogP contribution in [-0.4, -0.2) is 65.1 Å². The van der Waals surface area contributed by atoms with Gasteiger partial charge in [0.05, 0.1) is 11.5 Å². The SMILES string of the molecule is Cc1cc(NC(=O)c2c3c(cn2C)SN[C@@H]2CCN(C(=O)C(=O)N[C@H](C)C(F)(F)F)C[C@H]2CO3)ccc1F. The number of ether oxygens (including phenoxy) is 1. The maximum absolute atomic E-state index is 13.6. The lowest BCUT2D eigenvalue weighted by atomic mass is 9.93. The Morgan fingerprint density at radius 3 is 2.68 bits per heavy atom. The highest BCUT2D eigenvalue weighted by Crippen LogP contribution is 2.37. The second-order valence-corrected chi connectivity index (χ2v) is 10.3. The van der Waals surface area contributed by atoms with Crippen molar-refractivity contribution >= 4 is 35.4 Å². The molecule has 1 fully saturated rings. The normalized spacial score (nSPS) is 20.2. The molecule has 14 heteroatoms. The molecule has 4 rings (SSSR count). The summed E-state index contributed by atoms with van der Waals surface area (Å²) in [5.74, 6) is -3.18. The van der Waals surface area contributed by atoms with Gasteiger partial charge in [-0.2, -0.15) is 13.2 Å². The number of amides is 3. The number of aromatic nitrogens is 1. The van der Waals surface area contributed by atoms with Crippen molar-refractivity contribution < 1.29 is 36.7 Å². The molecule has 1 saturated heterocycles. The van der Waals surface area contributed by atoms with Crippen LogP contribution in [-0.2, 0) is 16.6 Å². The Balaban J connectivity index is 1.45. The molecule has 0 spiro atoms. The Labute approximate surface area is 220 Å². The fourth-order valence-corrected chi connectivity index (χ4v) is 5.37. The molecule has 0 saturated carbocycles. The molecule has 3 heterocycles. The number of anilines is 1. The number of fused-ring (bicyclic) bond motifs is 2. The second kappa shape index (κ2) is 10.8. The molecule has 0 radical (unpaired) electrons. The zero-order chi connectivity index (χ0) is 27.8. The summed E-state index contributed by atoms with van der Waals surface area (Å²) in [7, 11) is 1.69. The van der Waals surface area contributed by atoms with Crippen LogP contribution in [0, 0.1) is 18.7 Å². The smallest absolute Gasteiger partial charge is 0.408 e. The van der Waals surface area contributed by atoms with Gasteiger partial charge >= 0.3 is 18.0 Å². The van der Waals surface area contributed by atoms with Crippen molar-refractivity contribution in [3.05, 3.63) is 41.5 Å². The fourth-order valence-electron chi connectivity index (χ4n) is 4.32. The largest absolute Gasteiger partial charge is 0.489 e. The van der Waals surface area contributed by atoms with Gasteiger partial charge in [-0.05, 0) is 56.0 Å². The van der Waals surface area contributed by atoms with Gasteiger partial charge in [0.25, 0.3) is 5.91 Å². The number of nitrogens with zero attached hydrogens (tertiary/aromatic N) is 2. The quantitative estimate of drug-likeness (QED) is 0.305. The molecule has 2 aliphatic heterocycles. The summed E-state index contributed by atoms with van der Waals surface area (Å²) in [6.07, 6.45) is -2.47. The number of likely N-dealkylation sites (tertiary alicyclic amines) is 1. The standard InChI is InChI=1S/C24H27F4N5O4S/c1-12-8-15(4-5-16(12)25)30-21(34)19-20-18(10-32(19)3)38-31-17-6-7-33(9-14(17)11-37-20)23(36)22(35)29-13(2)24(26,27)28/h4-5,8,10,13-14,17,31H,6-7,9,11H2,1-3H3,(H,29,35)(H,30,34)/t13-,14+,17-/m1/s1. The number of piperidine rings is 1. The first-order valence-electron chi connectivity index (χ1n) is 11.8. The maximum Gasteiger partial charge on any atom is 0.408 e. The van der Waals surface area contributed by atoms with E-state index in [1.807, 2.05) is 0 Å². The second-order valence-electron chi connectivity index (χ2n) is 9.37. The Kier molecular flexibility index (Phi) is 7.93. The van der Waals surface area contributed by atoms with Crippen molar-refractivity contribution in [2.24, 2.45) is 13.0 Å². The zero-order valence-corrected chi connectivity index (χ0v) is 21.6. The molecule has 0 unspecified atom stereocenters. The summed E-state index contributed by atoms with van der Waals surface area (Å²) < 4.78 is 62.9. The number of aryl methyl sites for hydroxylation is 2. The van der Waals surface area contributed by atoms with Crippen LogP contribution in [0.25, 0.3) is 0 Å². The first-order chi connectivity index (χ1) is 17.8. The molecule has 0 aliphatic carbocycles. The number of benzene rings is 1. The van der Waals surface area contributed by atoms with Gasteiger partial charge in [-0.25, -0.2) is 4.39 Å². The van der Waals surface area contributed by atoms with Crippen molar-refractivity contribution in [2.45, 2.75) is 43.4 Å². The van der Waals surface area contributed by atoms with Gasteiger partial charge < -0.3 is 24.8 Å². The molecular weight excluding hydrogens is 530 g/mol. The van der Waals surface area contributed by atoms with E-state index in [0.29, 0.717) is 28.3 Å². The molecule has 206 valence electrons. The minimum atomic E-state index is -4.66. The minimum Gasteiger partial charge on any atom is -0.489 e. The highest BCUT2D eigenvalue weighted by molar-refractivity contribution is 7.97. The maximum atomic E-state index is 13.6. The van der Waals surface area contributed by atoms with E-state index < -0.39 is 29.9 Å². The van der Waals surface area contributed by atoms with Crippen molar-refractivity contribution in [1.82, 2.24) is 19.5 Å². The molecule has 2 aromatic rings. The van der Waals surface area contributed by atoms with E-state index in [-0.39, 0.29) is 43.2 Å². The van der Waals surface area contributed by atoms with E-state index in [2.05, 4.69) is 10.0 Å². The monoisotopic (exact) mass is 557 g/mol. The number of carbonyl (C=O) groups excluding carboxylic acids is 3. The van der Waals surface area contributed by atoms with Crippen molar-refractivity contribution in [2.75, 3.05) is 25.0 Å². The van der Waals surface area contributed by atoms with Crippen molar-refractivity contribution in [3.8, 4) is 5.75 Å². The molecule has 0 bridgehead atoms. The van der Waals surface area contributed by atoms with E-state index in [9.17, 15) is 31.9 Å². The number of hydrogen-bond donors (Lipinski definition) is 3. The van der Waals surface area contributed by atoms with E-state index in [1.54, 1.807) is 30.1 Å². The molecule has 9 nitrogen and oxygen atoms in total. The third-order valence-electron chi connectivity index (χ3n) is 6.55. The number of halogens is 4. The van der Waals surface area contributed by atoms with Crippen LogP contribution in [0.15, 0.2) is 29.3 Å². The third kappa shape index (κ3) is 5.90. The van der Waals surface area contributed by atoms with Crippen LogP contribution < -0.4 is 20.1 Å². The van der Waals surface area contributed by atoms with Gasteiger partial charge in [0.1, 0.15) is 11.9 Å². The molecule has 3 N–H and O–H groups in total. The topological polar surface area (TPSA) is 105 Å². The van der Waals surface area contributed by atoms with Gasteiger partial charge in [-0.3, -0.25) is 19.1 Å².